The molecule has 1 heterocycles. The van der Waals surface area contributed by atoms with E-state index in [9.17, 15) is 4.79 Å². The predicted molar refractivity (Wildman–Crippen MR) is 80.8 cm³/mol. The third-order valence-electron chi connectivity index (χ3n) is 2.31. The maximum Gasteiger partial charge on any atom is 0.259 e. The summed E-state index contributed by atoms with van der Waals surface area (Å²) in [6, 6.07) is 6.40. The van der Waals surface area contributed by atoms with Crippen molar-refractivity contribution in [1.82, 2.24) is 4.98 Å². The van der Waals surface area contributed by atoms with Gasteiger partial charge in [0.25, 0.3) is 5.91 Å². The summed E-state index contributed by atoms with van der Waals surface area (Å²) < 4.78 is 0.668. The van der Waals surface area contributed by atoms with E-state index in [0.29, 0.717) is 20.2 Å². The molecule has 3 N–H and O–H groups in total. The van der Waals surface area contributed by atoms with Crippen molar-refractivity contribution < 1.29 is 4.79 Å². The highest BCUT2D eigenvalue weighted by atomic mass is 79.9. The molecule has 0 saturated heterocycles. The van der Waals surface area contributed by atoms with E-state index in [2.05, 4.69) is 26.2 Å². The zero-order valence-corrected chi connectivity index (χ0v) is 12.6. The number of nitrogens with one attached hydrogen (secondary N) is 1. The molecule has 1 aromatic carbocycles. The van der Waals surface area contributed by atoms with Gasteiger partial charge in [-0.15, -0.1) is 0 Å². The van der Waals surface area contributed by atoms with E-state index < -0.39 is 0 Å². The second kappa shape index (κ2) is 5.77. The number of rotatable bonds is 2. The summed E-state index contributed by atoms with van der Waals surface area (Å²) in [5, 5.41) is 3.45. The number of halogens is 3. The lowest BCUT2D eigenvalue weighted by molar-refractivity contribution is 0.102. The lowest BCUT2D eigenvalue weighted by Gasteiger charge is -2.08. The fraction of sp³-hybridized carbons (Fsp3) is 0. The molecule has 0 radical (unpaired) electrons. The van der Waals surface area contributed by atoms with Crippen LogP contribution < -0.4 is 11.1 Å². The van der Waals surface area contributed by atoms with Crippen LogP contribution in [0.5, 0.6) is 0 Å². The Labute approximate surface area is 128 Å². The third kappa shape index (κ3) is 3.37. The number of aromatic nitrogens is 1. The van der Waals surface area contributed by atoms with Crippen LogP contribution in [-0.4, -0.2) is 10.9 Å². The normalized spacial score (nSPS) is 10.3. The van der Waals surface area contributed by atoms with Crippen LogP contribution in [0.15, 0.2) is 34.9 Å². The molecule has 1 aromatic heterocycles. The first-order valence-corrected chi connectivity index (χ1v) is 6.69. The number of nitrogens with zero attached hydrogens (tertiary/aromatic N) is 1. The molecule has 19 heavy (non-hydrogen) atoms. The lowest BCUT2D eigenvalue weighted by atomic mass is 10.2. The van der Waals surface area contributed by atoms with Crippen molar-refractivity contribution in [2.75, 3.05) is 11.1 Å². The van der Waals surface area contributed by atoms with Crippen molar-refractivity contribution >= 4 is 56.5 Å². The van der Waals surface area contributed by atoms with Crippen molar-refractivity contribution in [3.63, 3.8) is 0 Å². The average molecular weight is 361 g/mol. The number of benzene rings is 1. The van der Waals surface area contributed by atoms with E-state index in [-0.39, 0.29) is 17.3 Å². The van der Waals surface area contributed by atoms with E-state index in [0.717, 1.165) is 0 Å². The molecule has 2 rings (SSSR count). The van der Waals surface area contributed by atoms with Gasteiger partial charge in [-0.3, -0.25) is 4.79 Å². The molecule has 0 spiro atoms. The number of amides is 1. The monoisotopic (exact) mass is 359 g/mol. The van der Waals surface area contributed by atoms with Crippen molar-refractivity contribution in [2.24, 2.45) is 0 Å². The fourth-order valence-electron chi connectivity index (χ4n) is 1.40. The molecule has 4 nitrogen and oxygen atoms in total. The van der Waals surface area contributed by atoms with Gasteiger partial charge in [0, 0.05) is 16.4 Å². The number of carbonyl (C=O) groups is 1. The fourth-order valence-corrected chi connectivity index (χ4v) is 2.03. The highest BCUT2D eigenvalue weighted by Gasteiger charge is 2.12. The minimum Gasteiger partial charge on any atom is -0.383 e. The van der Waals surface area contributed by atoms with Crippen LogP contribution >= 0.6 is 39.1 Å². The molecule has 0 unspecified atom stereocenters. The second-order valence-electron chi connectivity index (χ2n) is 3.67. The Kier molecular flexibility index (Phi) is 4.29. The third-order valence-corrected chi connectivity index (χ3v) is 3.48. The smallest absolute Gasteiger partial charge is 0.259 e. The quantitative estimate of drug-likeness (QED) is 0.850. The molecular formula is C12H8BrCl2N3O. The SMILES string of the molecule is Nc1ncc(Br)cc1C(=O)Nc1ccc(Cl)c(Cl)c1. The Bertz CT molecular complexity index is 649. The number of carbonyl (C=O) groups excluding carboxylic acids is 1. The summed E-state index contributed by atoms with van der Waals surface area (Å²) in [6.07, 6.45) is 1.52. The van der Waals surface area contributed by atoms with E-state index >= 15 is 0 Å². The van der Waals surface area contributed by atoms with Crippen LogP contribution in [0.3, 0.4) is 0 Å². The Morgan fingerprint density at radius 2 is 2.00 bits per heavy atom. The van der Waals surface area contributed by atoms with Gasteiger partial charge in [-0.05, 0) is 40.2 Å². The van der Waals surface area contributed by atoms with Gasteiger partial charge < -0.3 is 11.1 Å². The Hall–Kier alpha value is -1.30. The predicted octanol–water partition coefficient (Wildman–Crippen LogP) is 3.99. The Morgan fingerprint density at radius 1 is 1.26 bits per heavy atom. The van der Waals surface area contributed by atoms with Crippen LogP contribution in [0, 0.1) is 0 Å². The van der Waals surface area contributed by atoms with Gasteiger partial charge in [0.1, 0.15) is 5.82 Å². The first-order valence-electron chi connectivity index (χ1n) is 5.15. The van der Waals surface area contributed by atoms with Gasteiger partial charge >= 0.3 is 0 Å². The largest absolute Gasteiger partial charge is 0.383 e. The zero-order chi connectivity index (χ0) is 14.0. The molecule has 2 aromatic rings. The molecule has 0 aliphatic carbocycles. The average Bonchev–Trinajstić information content (AvgIpc) is 2.36. The van der Waals surface area contributed by atoms with E-state index in [1.165, 1.54) is 6.20 Å². The summed E-state index contributed by atoms with van der Waals surface area (Å²) in [6.45, 7) is 0. The van der Waals surface area contributed by atoms with Crippen molar-refractivity contribution in [3.8, 4) is 0 Å². The molecule has 1 amide bonds. The molecule has 7 heteroatoms. The maximum absolute atomic E-state index is 12.1. The minimum absolute atomic E-state index is 0.153. The summed E-state index contributed by atoms with van der Waals surface area (Å²) in [7, 11) is 0. The number of hydrogen-bond donors (Lipinski definition) is 2. The number of nitrogen functional groups attached to an aromatic ring is 1. The molecule has 0 aliphatic heterocycles. The minimum atomic E-state index is -0.371. The molecule has 0 aliphatic rings. The van der Waals surface area contributed by atoms with Crippen LogP contribution in [-0.2, 0) is 0 Å². The van der Waals surface area contributed by atoms with Crippen molar-refractivity contribution in [2.45, 2.75) is 0 Å². The summed E-state index contributed by atoms with van der Waals surface area (Å²) >= 11 is 14.9. The molecule has 0 saturated carbocycles. The van der Waals surface area contributed by atoms with Crippen LogP contribution in [0.4, 0.5) is 11.5 Å². The second-order valence-corrected chi connectivity index (χ2v) is 5.40. The van der Waals surface area contributed by atoms with Crippen molar-refractivity contribution in [1.29, 1.82) is 0 Å². The maximum atomic E-state index is 12.1. The van der Waals surface area contributed by atoms with Gasteiger partial charge in [-0.1, -0.05) is 23.2 Å². The first kappa shape index (κ1) is 14.1. The van der Waals surface area contributed by atoms with Gasteiger partial charge in [0.05, 0.1) is 15.6 Å². The lowest BCUT2D eigenvalue weighted by Crippen LogP contribution is -2.14. The van der Waals surface area contributed by atoms with Crippen LogP contribution in [0.1, 0.15) is 10.4 Å². The number of anilines is 2. The van der Waals surface area contributed by atoms with Gasteiger partial charge in [-0.25, -0.2) is 4.98 Å². The van der Waals surface area contributed by atoms with Gasteiger partial charge in [0.15, 0.2) is 0 Å². The highest BCUT2D eigenvalue weighted by molar-refractivity contribution is 9.10. The molecule has 0 bridgehead atoms. The van der Waals surface area contributed by atoms with E-state index in [1.54, 1.807) is 24.3 Å². The van der Waals surface area contributed by atoms with Crippen molar-refractivity contribution in [3.05, 3.63) is 50.5 Å². The Balaban J connectivity index is 2.25. The first-order chi connectivity index (χ1) is 8.97. The van der Waals surface area contributed by atoms with E-state index in [1.807, 2.05) is 0 Å². The summed E-state index contributed by atoms with van der Waals surface area (Å²) in [5.74, 6) is -0.217. The van der Waals surface area contributed by atoms with E-state index in [4.69, 9.17) is 28.9 Å². The summed E-state index contributed by atoms with van der Waals surface area (Å²) in [4.78, 5) is 16.0. The molecule has 0 atom stereocenters. The molecule has 98 valence electrons. The Morgan fingerprint density at radius 3 is 2.68 bits per heavy atom. The molecule has 0 fully saturated rings. The topological polar surface area (TPSA) is 68.0 Å². The van der Waals surface area contributed by atoms with Gasteiger partial charge in [0.2, 0.25) is 0 Å². The van der Waals surface area contributed by atoms with Gasteiger partial charge in [-0.2, -0.15) is 0 Å². The number of nitrogens with two attached hydrogens (primary N) is 1. The highest BCUT2D eigenvalue weighted by Crippen LogP contribution is 2.25. The van der Waals surface area contributed by atoms with Crippen LogP contribution in [0.2, 0.25) is 10.0 Å². The standard InChI is InChI=1S/C12H8BrCl2N3O/c13-6-3-8(11(16)17-5-6)12(19)18-7-1-2-9(14)10(15)4-7/h1-5H,(H2,16,17)(H,18,19). The molecular weight excluding hydrogens is 353 g/mol. The van der Waals surface area contributed by atoms with Crippen LogP contribution in [0.25, 0.3) is 0 Å². The summed E-state index contributed by atoms with van der Waals surface area (Å²) in [5.41, 5.74) is 6.46. The zero-order valence-electron chi connectivity index (χ0n) is 9.45. The number of pyridine rings is 1. The number of hydrogen-bond acceptors (Lipinski definition) is 3.